The largest absolute Gasteiger partial charge is 0.394 e. The van der Waals surface area contributed by atoms with Crippen molar-refractivity contribution in [3.63, 3.8) is 0 Å². The molecule has 63 nitrogen and oxygen atoms in total. The second kappa shape index (κ2) is 58.4. The highest BCUT2D eigenvalue weighted by atomic mass is 16.8. The molecule has 0 aromatic rings. The van der Waals surface area contributed by atoms with Gasteiger partial charge in [0.25, 0.3) is 0 Å². The average Bonchev–Trinajstić information content (AvgIpc) is 0.843. The van der Waals surface area contributed by atoms with E-state index in [1.807, 2.05) is 0 Å². The molecule has 14 bridgehead atoms. The third-order valence-corrected chi connectivity index (χ3v) is 22.2. The molecule has 0 aromatic heterocycles. The maximum Gasteiger partial charge on any atom is 0.187 e. The Hall–Kier alpha value is -6.51. The minimum Gasteiger partial charge on any atom is -0.394 e. The molecule has 21 rings (SSSR count). The molecular formula is C70H119N21O42. The fraction of sp³-hybridized carbons (Fsp3) is 1.00. The Morgan fingerprint density at radius 2 is 0.316 bits per heavy atom. The van der Waals surface area contributed by atoms with E-state index in [4.69, 9.17) is 133 Å². The van der Waals surface area contributed by atoms with Gasteiger partial charge in [-0.15, -0.1) is 0 Å². The number of rotatable bonds is 49. The number of azide groups is 7. The Kier molecular flexibility index (Phi) is 49.1. The molecule has 0 aromatic carbocycles. The number of nitrogens with zero attached hydrogens (tertiary/aromatic N) is 21. The van der Waals surface area contributed by atoms with Crippen LogP contribution < -0.4 is 0 Å². The first kappa shape index (κ1) is 112. The van der Waals surface area contributed by atoms with Crippen molar-refractivity contribution in [2.24, 2.45) is 35.8 Å². The summed E-state index contributed by atoms with van der Waals surface area (Å²) >= 11 is 0. The molecule has 21 heterocycles. The van der Waals surface area contributed by atoms with E-state index in [1.165, 1.54) is 0 Å². The molecule has 0 radical (unpaired) electrons. The summed E-state index contributed by atoms with van der Waals surface area (Å²) in [4.78, 5) is 20.7. The molecule has 21 fully saturated rings. The third kappa shape index (κ3) is 30.0. The molecule has 21 saturated heterocycles. The molecule has 0 saturated carbocycles. The van der Waals surface area contributed by atoms with Gasteiger partial charge in [0.1, 0.15) is 171 Å². The lowest BCUT2D eigenvalue weighted by Gasteiger charge is -2.53. The molecule has 42 atom stereocenters. The minimum atomic E-state index is -1.99. The summed E-state index contributed by atoms with van der Waals surface area (Å²) in [6.07, 6.45) is -74.8. The second-order valence-electron chi connectivity index (χ2n) is 30.7. The number of hydrogen-bond donors (Lipinski definition) is 14. The Bertz CT molecular complexity index is 3100. The van der Waals surface area contributed by atoms with Crippen LogP contribution in [0.5, 0.6) is 0 Å². The van der Waals surface area contributed by atoms with E-state index >= 15 is 0 Å². The zero-order valence-electron chi connectivity index (χ0n) is 73.2. The summed E-state index contributed by atoms with van der Waals surface area (Å²) < 4.78 is 184. The first-order valence-electron chi connectivity index (χ1n) is 41.7. The fourth-order valence-electron chi connectivity index (χ4n) is 16.0. The zero-order valence-corrected chi connectivity index (χ0v) is 73.2. The van der Waals surface area contributed by atoms with Gasteiger partial charge in [0, 0.05) is 84.2 Å². The SMILES string of the molecule is CO[C@@H]1[C@@H](OC[C@@H](O)CO)[C@H]2O[C@H]3[C@H](OC)[C@@H](OC[C@@H](O)CO)[C@@H](O[C@H]4[C@@H](OC)[C@@H](OC[C@@H](O)CO)[C@@H](O[C@H]5[C@@H](OC)[C@H](OC[C@@H](O)CO)[C@@H](O[C@H]6[C@H](OC)[C@H](OC[C@@H](O)CO)[C@@H](O[C@H]7[C@H](OC)[C@@H](OC[C@@H](O)CO)[C@@H](O[C@H]8[C@H](OC)[C@@H](OC[C@@H](O)CO)[C@@H](O[C@@H]1[C@H](CN=[N+]=[N-])O2)O[C@H]8CN=[N+]=[N-])O[C@@H]7CN=[N+]=[N-])O[C@@H]6CN=[N+]=[N-])O[C@@H]5CN=[N+]=[N-])O[C@@H]4CN=[N+]=[N-])O[C@H]3CN=[N+]=[N-]. The maximum absolute atomic E-state index is 11.1. The Labute approximate surface area is 756 Å². The van der Waals surface area contributed by atoms with Gasteiger partial charge >= 0.3 is 0 Å². The molecule has 0 spiro atoms. The molecule has 0 unspecified atom stereocenters. The molecule has 21 aliphatic rings. The van der Waals surface area contributed by atoms with Crippen LogP contribution in [-0.4, -0.2) is 517 Å². The van der Waals surface area contributed by atoms with Crippen molar-refractivity contribution in [2.45, 2.75) is 258 Å². The van der Waals surface area contributed by atoms with E-state index in [0.29, 0.717) is 0 Å². The molecule has 14 N–H and O–H groups in total. The van der Waals surface area contributed by atoms with Crippen molar-refractivity contribution < 1.29 is 204 Å². The molecule has 21 aliphatic heterocycles. The Morgan fingerprint density at radius 3 is 0.406 bits per heavy atom. The number of aliphatic hydroxyl groups excluding tert-OH is 14. The number of ether oxygens (including phenoxy) is 28. The lowest BCUT2D eigenvalue weighted by Crippen LogP contribution is -2.69. The summed E-state index contributed by atoms with van der Waals surface area (Å²) in [7, 11) is 7.91. The number of methoxy groups -OCH3 is 7. The van der Waals surface area contributed by atoms with Crippen LogP contribution in [0.15, 0.2) is 35.8 Å². The van der Waals surface area contributed by atoms with E-state index in [9.17, 15) is 110 Å². The van der Waals surface area contributed by atoms with E-state index in [1.54, 1.807) is 0 Å². The minimum absolute atomic E-state index is 0.757. The van der Waals surface area contributed by atoms with Gasteiger partial charge in [-0.25, -0.2) is 0 Å². The van der Waals surface area contributed by atoms with E-state index in [-0.39, 0.29) is 0 Å². The maximum atomic E-state index is 11.1. The molecule has 63 heteroatoms. The predicted molar refractivity (Wildman–Crippen MR) is 428 cm³/mol. The van der Waals surface area contributed by atoms with Crippen molar-refractivity contribution in [1.29, 1.82) is 0 Å². The van der Waals surface area contributed by atoms with Gasteiger partial charge in [0.2, 0.25) is 0 Å². The predicted octanol–water partition coefficient (Wildman–Crippen LogP) is -5.78. The molecular weight excluding hydrogens is 1810 g/mol. The monoisotopic (exact) mass is 1930 g/mol. The van der Waals surface area contributed by atoms with Crippen LogP contribution in [0.1, 0.15) is 0 Å². The number of aliphatic hydroxyl groups is 14. The molecule has 756 valence electrons. The highest BCUT2D eigenvalue weighted by Gasteiger charge is 2.63. The van der Waals surface area contributed by atoms with E-state index < -0.39 is 396 Å². The van der Waals surface area contributed by atoms with Gasteiger partial charge in [0.15, 0.2) is 44.0 Å². The van der Waals surface area contributed by atoms with E-state index in [2.05, 4.69) is 70.2 Å². The topological polar surface area (TPSA) is 883 Å². The summed E-state index contributed by atoms with van der Waals surface area (Å²) in [5.41, 5.74) is 70.8. The second-order valence-corrected chi connectivity index (χ2v) is 30.7. The third-order valence-electron chi connectivity index (χ3n) is 22.2. The molecule has 0 aliphatic carbocycles. The summed E-state index contributed by atoms with van der Waals surface area (Å²) in [6.45, 7) is -17.4. The van der Waals surface area contributed by atoms with Crippen molar-refractivity contribution >= 4 is 0 Å². The lowest BCUT2D eigenvalue weighted by atomic mass is 9.94. The van der Waals surface area contributed by atoms with Gasteiger partial charge < -0.3 is 204 Å². The van der Waals surface area contributed by atoms with Crippen LogP contribution in [0.25, 0.3) is 73.1 Å². The first-order chi connectivity index (χ1) is 64.4. The number of hydrogen-bond acceptors (Lipinski definition) is 49. The highest BCUT2D eigenvalue weighted by Crippen LogP contribution is 2.44. The average molecular weight is 1930 g/mol. The molecule has 133 heavy (non-hydrogen) atoms. The standard InChI is InChI=1S/C70H119N21O42/c1-106-50-43-36(8-78-85-71)120-64(57(50)113-22-29(99)15-92)128-44-37(9-79-86-72)122-66(59(51(44)107-2)115-24-31(101)17-94)130-46-39(11-81-88-74)124-68(61(53(46)109-4)117-26-33(103)19-96)132-48-41(13-83-90-76)126-70(63(55(48)111-6)119-28-35(105)21-98)133-49-42(14-84-91-77)125-69(62(56(49)112-7)118-27-34(104)20-97)131-47-40(12-82-89-75)123-67(60(54(47)110-5)116-25-32(102)18-95)129-45-38(10-80-87-73)121-65(127-43)58(52(45)108-3)114-23-30(100)16-93/h29-70,92-105H,8-28H2,1-7H3/t29-,30-,31-,32-,33-,34-,35-,36-,37-,38-,39+,40+,41+,42+,43+,44+,45+,46+,47+,48+,49+,50-,51-,52-,53+,54-,55+,56-,57+,58+,59+,60+,61+,62-,63-,64+,65+,66+,67+,68+,69+,70+/m0/s1. The zero-order chi connectivity index (χ0) is 96.8. The van der Waals surface area contributed by atoms with Crippen LogP contribution in [0.4, 0.5) is 0 Å². The van der Waals surface area contributed by atoms with Crippen LogP contribution in [0.3, 0.4) is 0 Å². The Balaban J connectivity index is 1.43. The van der Waals surface area contributed by atoms with Crippen LogP contribution in [-0.2, 0) is 133 Å². The summed E-state index contributed by atoms with van der Waals surface area (Å²) in [5.74, 6) is 0. The smallest absolute Gasteiger partial charge is 0.187 e. The van der Waals surface area contributed by atoms with Crippen molar-refractivity contribution in [1.82, 2.24) is 0 Å². The fourth-order valence-corrected chi connectivity index (χ4v) is 16.0. The van der Waals surface area contributed by atoms with Gasteiger partial charge in [0.05, 0.1) is 181 Å². The first-order valence-corrected chi connectivity index (χ1v) is 41.7. The van der Waals surface area contributed by atoms with E-state index in [0.717, 1.165) is 49.8 Å². The van der Waals surface area contributed by atoms with Crippen LogP contribution in [0, 0.1) is 0 Å². The summed E-state index contributed by atoms with van der Waals surface area (Å²) in [6, 6.07) is 0. The van der Waals surface area contributed by atoms with Crippen molar-refractivity contribution in [3.05, 3.63) is 73.1 Å². The quantitative estimate of drug-likeness (QED) is 0.0153. The molecule has 0 amide bonds. The van der Waals surface area contributed by atoms with Gasteiger partial charge in [-0.3, -0.25) is 0 Å². The highest BCUT2D eigenvalue weighted by molar-refractivity contribution is 5.06. The normalized spacial score (nSPS) is 38.2. The van der Waals surface area contributed by atoms with Crippen molar-refractivity contribution in [3.8, 4) is 0 Å². The van der Waals surface area contributed by atoms with Crippen molar-refractivity contribution in [2.75, 3.05) is 188 Å². The van der Waals surface area contributed by atoms with Crippen LogP contribution in [0.2, 0.25) is 0 Å². The van der Waals surface area contributed by atoms with Gasteiger partial charge in [-0.2, -0.15) is 0 Å². The van der Waals surface area contributed by atoms with Gasteiger partial charge in [-0.05, 0) is 38.7 Å². The van der Waals surface area contributed by atoms with Gasteiger partial charge in [-0.1, -0.05) is 35.8 Å². The lowest BCUT2D eigenvalue weighted by molar-refractivity contribution is -0.401. The summed E-state index contributed by atoms with van der Waals surface area (Å²) in [5, 5.41) is 176. The van der Waals surface area contributed by atoms with Crippen LogP contribution >= 0.6 is 0 Å². The Morgan fingerprint density at radius 1 is 0.203 bits per heavy atom.